The van der Waals surface area contributed by atoms with Crippen molar-refractivity contribution in [3.8, 4) is 0 Å². The van der Waals surface area contributed by atoms with Crippen molar-refractivity contribution < 1.29 is 13.5 Å². The first kappa shape index (κ1) is 14.2. The lowest BCUT2D eigenvalue weighted by atomic mass is 10.1. The fourth-order valence-electron chi connectivity index (χ4n) is 1.80. The number of aromatic nitrogens is 2. The SMILES string of the molecule is Cn1ncc(Br)c1C(O)c1cccc(S(C)(=O)=O)c1. The van der Waals surface area contributed by atoms with Crippen LogP contribution in [-0.2, 0) is 16.9 Å². The number of halogens is 1. The fraction of sp³-hybridized carbons (Fsp3) is 0.250. The van der Waals surface area contributed by atoms with Crippen LogP contribution in [0.1, 0.15) is 17.4 Å². The first-order chi connectivity index (χ1) is 8.80. The summed E-state index contributed by atoms with van der Waals surface area (Å²) in [5.41, 5.74) is 1.08. The van der Waals surface area contributed by atoms with Crippen molar-refractivity contribution in [1.29, 1.82) is 0 Å². The average Bonchev–Trinajstić information content (AvgIpc) is 2.67. The van der Waals surface area contributed by atoms with Crippen LogP contribution in [-0.4, -0.2) is 29.6 Å². The van der Waals surface area contributed by atoms with Gasteiger partial charge in [0.15, 0.2) is 9.84 Å². The zero-order valence-electron chi connectivity index (χ0n) is 10.4. The maximum atomic E-state index is 11.5. The molecule has 0 amide bonds. The van der Waals surface area contributed by atoms with Crippen molar-refractivity contribution in [2.45, 2.75) is 11.0 Å². The molecular formula is C12H13BrN2O3S. The first-order valence-electron chi connectivity index (χ1n) is 5.46. The predicted molar refractivity (Wildman–Crippen MR) is 74.5 cm³/mol. The van der Waals surface area contributed by atoms with Crippen LogP contribution in [0.2, 0.25) is 0 Å². The van der Waals surface area contributed by atoms with Gasteiger partial charge in [-0.3, -0.25) is 4.68 Å². The third kappa shape index (κ3) is 2.88. The van der Waals surface area contributed by atoms with E-state index in [1.807, 2.05) is 0 Å². The van der Waals surface area contributed by atoms with E-state index in [-0.39, 0.29) is 4.90 Å². The average molecular weight is 345 g/mol. The van der Waals surface area contributed by atoms with Crippen LogP contribution in [0.3, 0.4) is 0 Å². The van der Waals surface area contributed by atoms with E-state index in [0.717, 1.165) is 6.26 Å². The van der Waals surface area contributed by atoms with E-state index in [2.05, 4.69) is 21.0 Å². The van der Waals surface area contributed by atoms with Crippen LogP contribution in [0.4, 0.5) is 0 Å². The summed E-state index contributed by atoms with van der Waals surface area (Å²) in [6, 6.07) is 6.27. The number of hydrogen-bond donors (Lipinski definition) is 1. The molecule has 5 nitrogen and oxygen atoms in total. The van der Waals surface area contributed by atoms with E-state index >= 15 is 0 Å². The number of sulfone groups is 1. The molecule has 0 bridgehead atoms. The van der Waals surface area contributed by atoms with Crippen LogP contribution >= 0.6 is 15.9 Å². The van der Waals surface area contributed by atoms with Gasteiger partial charge in [0, 0.05) is 13.3 Å². The van der Waals surface area contributed by atoms with Crippen LogP contribution < -0.4 is 0 Å². The molecule has 1 aromatic heterocycles. The molecule has 1 aromatic carbocycles. The van der Waals surface area contributed by atoms with Gasteiger partial charge in [0.05, 0.1) is 21.3 Å². The maximum absolute atomic E-state index is 11.5. The van der Waals surface area contributed by atoms with Gasteiger partial charge in [-0.25, -0.2) is 8.42 Å². The molecular weight excluding hydrogens is 332 g/mol. The van der Waals surface area contributed by atoms with Crippen LogP contribution in [0.5, 0.6) is 0 Å². The summed E-state index contributed by atoms with van der Waals surface area (Å²) in [4.78, 5) is 0.183. The molecule has 0 saturated heterocycles. The van der Waals surface area contributed by atoms with Crippen LogP contribution in [0.25, 0.3) is 0 Å². The standard InChI is InChI=1S/C12H13BrN2O3S/c1-15-11(10(13)7-14-15)12(16)8-4-3-5-9(6-8)19(2,17)18/h3-7,12,16H,1-2H3. The van der Waals surface area contributed by atoms with E-state index in [9.17, 15) is 13.5 Å². The summed E-state index contributed by atoms with van der Waals surface area (Å²) in [5.74, 6) is 0. The number of hydrogen-bond acceptors (Lipinski definition) is 4. The van der Waals surface area contributed by atoms with Gasteiger partial charge in [-0.15, -0.1) is 0 Å². The molecule has 2 rings (SSSR count). The lowest BCUT2D eigenvalue weighted by Crippen LogP contribution is -2.08. The van der Waals surface area contributed by atoms with Gasteiger partial charge in [-0.1, -0.05) is 12.1 Å². The van der Waals surface area contributed by atoms with E-state index in [1.54, 1.807) is 30.1 Å². The molecule has 0 fully saturated rings. The number of aliphatic hydroxyl groups is 1. The topological polar surface area (TPSA) is 72.2 Å². The van der Waals surface area contributed by atoms with Gasteiger partial charge in [0.1, 0.15) is 6.10 Å². The molecule has 1 N–H and O–H groups in total. The Labute approximate surface area is 119 Å². The van der Waals surface area contributed by atoms with Gasteiger partial charge in [0.25, 0.3) is 0 Å². The number of rotatable bonds is 3. The molecule has 1 heterocycles. The molecule has 0 radical (unpaired) electrons. The summed E-state index contributed by atoms with van der Waals surface area (Å²) in [6.45, 7) is 0. The molecule has 102 valence electrons. The van der Waals surface area contributed by atoms with Gasteiger partial charge in [0.2, 0.25) is 0 Å². The molecule has 2 aromatic rings. The fourth-order valence-corrected chi connectivity index (χ4v) is 3.04. The van der Waals surface area contributed by atoms with E-state index in [4.69, 9.17) is 0 Å². The molecule has 7 heteroatoms. The van der Waals surface area contributed by atoms with Gasteiger partial charge in [-0.05, 0) is 33.6 Å². The van der Waals surface area contributed by atoms with E-state index in [0.29, 0.717) is 15.7 Å². The lowest BCUT2D eigenvalue weighted by Gasteiger charge is -2.13. The Balaban J connectivity index is 2.49. The highest BCUT2D eigenvalue weighted by molar-refractivity contribution is 9.10. The van der Waals surface area contributed by atoms with Crippen molar-refractivity contribution in [2.24, 2.45) is 7.05 Å². The number of aliphatic hydroxyl groups excluding tert-OH is 1. The highest BCUT2D eigenvalue weighted by Crippen LogP contribution is 2.28. The number of benzene rings is 1. The molecule has 0 aliphatic heterocycles. The molecule has 0 spiro atoms. The minimum atomic E-state index is -3.29. The van der Waals surface area contributed by atoms with Crippen molar-refractivity contribution >= 4 is 25.8 Å². The minimum Gasteiger partial charge on any atom is -0.382 e. The van der Waals surface area contributed by atoms with E-state index < -0.39 is 15.9 Å². The summed E-state index contributed by atoms with van der Waals surface area (Å²) in [5, 5.41) is 14.4. The molecule has 0 aliphatic carbocycles. The Morgan fingerprint density at radius 2 is 2.11 bits per heavy atom. The third-order valence-electron chi connectivity index (χ3n) is 2.80. The van der Waals surface area contributed by atoms with Crippen molar-refractivity contribution in [3.05, 3.63) is 46.2 Å². The molecule has 1 atom stereocenters. The summed E-state index contributed by atoms with van der Waals surface area (Å²) in [7, 11) is -1.58. The lowest BCUT2D eigenvalue weighted by molar-refractivity contribution is 0.208. The second-order valence-corrected chi connectivity index (χ2v) is 7.12. The normalized spacial score (nSPS) is 13.5. The van der Waals surface area contributed by atoms with Crippen LogP contribution in [0, 0.1) is 0 Å². The highest BCUT2D eigenvalue weighted by Gasteiger charge is 2.19. The second kappa shape index (κ2) is 5.07. The zero-order valence-corrected chi connectivity index (χ0v) is 12.8. The Morgan fingerprint density at radius 3 is 2.63 bits per heavy atom. The molecule has 19 heavy (non-hydrogen) atoms. The predicted octanol–water partition coefficient (Wildman–Crippen LogP) is 1.67. The first-order valence-corrected chi connectivity index (χ1v) is 8.14. The summed E-state index contributed by atoms with van der Waals surface area (Å²) >= 11 is 3.31. The van der Waals surface area contributed by atoms with Gasteiger partial charge in [-0.2, -0.15) is 5.10 Å². The Hall–Kier alpha value is -1.18. The smallest absolute Gasteiger partial charge is 0.175 e. The summed E-state index contributed by atoms with van der Waals surface area (Å²) < 4.78 is 25.3. The third-order valence-corrected chi connectivity index (χ3v) is 4.52. The number of aryl methyl sites for hydroxylation is 1. The molecule has 0 aliphatic rings. The van der Waals surface area contributed by atoms with Crippen LogP contribution in [0.15, 0.2) is 39.8 Å². The van der Waals surface area contributed by atoms with Gasteiger partial charge >= 0.3 is 0 Å². The molecule has 0 saturated carbocycles. The second-order valence-electron chi connectivity index (χ2n) is 4.25. The minimum absolute atomic E-state index is 0.183. The van der Waals surface area contributed by atoms with E-state index in [1.165, 1.54) is 12.1 Å². The Bertz CT molecular complexity index is 690. The molecule has 1 unspecified atom stereocenters. The summed E-state index contributed by atoms with van der Waals surface area (Å²) in [6.07, 6.45) is 1.78. The highest BCUT2D eigenvalue weighted by atomic mass is 79.9. The Morgan fingerprint density at radius 1 is 1.42 bits per heavy atom. The monoisotopic (exact) mass is 344 g/mol. The number of nitrogens with zero attached hydrogens (tertiary/aromatic N) is 2. The van der Waals surface area contributed by atoms with Crippen molar-refractivity contribution in [1.82, 2.24) is 9.78 Å². The quantitative estimate of drug-likeness (QED) is 0.919. The van der Waals surface area contributed by atoms with Crippen molar-refractivity contribution in [2.75, 3.05) is 6.26 Å². The Kier molecular flexibility index (Phi) is 3.80. The van der Waals surface area contributed by atoms with Crippen molar-refractivity contribution in [3.63, 3.8) is 0 Å². The maximum Gasteiger partial charge on any atom is 0.175 e. The van der Waals surface area contributed by atoms with Gasteiger partial charge < -0.3 is 5.11 Å². The largest absolute Gasteiger partial charge is 0.382 e. The zero-order chi connectivity index (χ0) is 14.2.